The van der Waals surface area contributed by atoms with Crippen molar-refractivity contribution in [1.29, 1.82) is 0 Å². The van der Waals surface area contributed by atoms with Crippen molar-refractivity contribution >= 4 is 11.6 Å². The van der Waals surface area contributed by atoms with Gasteiger partial charge in [0.25, 0.3) is 0 Å². The first kappa shape index (κ1) is 10.2. The van der Waals surface area contributed by atoms with Crippen molar-refractivity contribution in [2.75, 3.05) is 0 Å². The number of rotatable bonds is 3. The van der Waals surface area contributed by atoms with E-state index in [2.05, 4.69) is 28.6 Å². The summed E-state index contributed by atoms with van der Waals surface area (Å²) in [5, 5.41) is 0. The van der Waals surface area contributed by atoms with E-state index in [0.29, 0.717) is 5.88 Å². The number of alkyl halides is 1. The number of hydrogen-bond donors (Lipinski definition) is 0. The van der Waals surface area contributed by atoms with E-state index in [1.165, 1.54) is 0 Å². The Morgan fingerprint density at radius 1 is 1.40 bits per heavy atom. The van der Waals surface area contributed by atoms with Crippen LogP contribution in [0, 0.1) is 0 Å². The van der Waals surface area contributed by atoms with Crippen LogP contribution >= 0.6 is 11.6 Å². The van der Waals surface area contributed by atoms with Crippen LogP contribution in [0.4, 0.5) is 0 Å². The molecule has 78 valence electrons. The lowest BCUT2D eigenvalue weighted by molar-refractivity contribution is 0.890. The summed E-state index contributed by atoms with van der Waals surface area (Å²) in [4.78, 5) is 4.30. The fraction of sp³-hybridized carbons (Fsp3) is 0.250. The van der Waals surface area contributed by atoms with Gasteiger partial charge in [-0.2, -0.15) is 0 Å². The number of aryl methyl sites for hydroxylation is 1. The highest BCUT2D eigenvalue weighted by Crippen LogP contribution is 2.14. The number of halogens is 1. The van der Waals surface area contributed by atoms with Crippen molar-refractivity contribution in [3.05, 3.63) is 48.0 Å². The summed E-state index contributed by atoms with van der Waals surface area (Å²) in [6.45, 7) is 2.10. The van der Waals surface area contributed by atoms with Gasteiger partial charge in [0.1, 0.15) is 5.82 Å². The molecule has 1 aromatic carbocycles. The Kier molecular flexibility index (Phi) is 3.07. The number of imidazole rings is 1. The molecular weight excluding hydrogens is 208 g/mol. The molecule has 0 bridgehead atoms. The standard InChI is InChI=1S/C12H13ClN2/c1-2-12-14-6-7-15(12)11-5-3-4-10(8-11)9-13/h3-8H,2,9H2,1H3. The van der Waals surface area contributed by atoms with Crippen LogP contribution in [-0.4, -0.2) is 9.55 Å². The molecule has 0 saturated heterocycles. The Balaban J connectivity index is 2.44. The molecule has 0 aliphatic carbocycles. The maximum Gasteiger partial charge on any atom is 0.112 e. The molecule has 0 N–H and O–H groups in total. The minimum Gasteiger partial charge on any atom is -0.304 e. The number of nitrogens with zero attached hydrogens (tertiary/aromatic N) is 2. The largest absolute Gasteiger partial charge is 0.304 e. The summed E-state index contributed by atoms with van der Waals surface area (Å²) in [6, 6.07) is 8.20. The number of hydrogen-bond acceptors (Lipinski definition) is 1. The third-order valence-electron chi connectivity index (χ3n) is 2.38. The van der Waals surface area contributed by atoms with Crippen molar-refractivity contribution in [3.63, 3.8) is 0 Å². The first-order valence-electron chi connectivity index (χ1n) is 5.02. The third kappa shape index (κ3) is 2.05. The van der Waals surface area contributed by atoms with E-state index in [9.17, 15) is 0 Å². The maximum absolute atomic E-state index is 5.81. The summed E-state index contributed by atoms with van der Waals surface area (Å²) in [5.74, 6) is 1.62. The monoisotopic (exact) mass is 220 g/mol. The van der Waals surface area contributed by atoms with E-state index >= 15 is 0 Å². The molecular formula is C12H13ClN2. The average molecular weight is 221 g/mol. The molecule has 15 heavy (non-hydrogen) atoms. The Hall–Kier alpha value is -1.28. The predicted molar refractivity (Wildman–Crippen MR) is 62.5 cm³/mol. The third-order valence-corrected chi connectivity index (χ3v) is 2.69. The molecule has 2 aromatic rings. The van der Waals surface area contributed by atoms with Gasteiger partial charge in [0.2, 0.25) is 0 Å². The molecule has 0 aliphatic heterocycles. The van der Waals surface area contributed by atoms with Crippen molar-refractivity contribution in [2.24, 2.45) is 0 Å². The van der Waals surface area contributed by atoms with E-state index < -0.39 is 0 Å². The van der Waals surface area contributed by atoms with E-state index in [1.807, 2.05) is 24.5 Å². The quantitative estimate of drug-likeness (QED) is 0.727. The molecule has 0 fully saturated rings. The van der Waals surface area contributed by atoms with Gasteiger partial charge in [-0.05, 0) is 17.7 Å². The minimum atomic E-state index is 0.546. The van der Waals surface area contributed by atoms with Crippen LogP contribution in [0.15, 0.2) is 36.7 Å². The SMILES string of the molecule is CCc1nccn1-c1cccc(CCl)c1. The van der Waals surface area contributed by atoms with E-state index in [4.69, 9.17) is 11.6 Å². The van der Waals surface area contributed by atoms with Gasteiger partial charge in [0, 0.05) is 30.4 Å². The van der Waals surface area contributed by atoms with Gasteiger partial charge in [-0.15, -0.1) is 11.6 Å². The first-order chi connectivity index (χ1) is 7.35. The van der Waals surface area contributed by atoms with Crippen molar-refractivity contribution in [3.8, 4) is 5.69 Å². The van der Waals surface area contributed by atoms with Crippen LogP contribution in [0.5, 0.6) is 0 Å². The molecule has 2 nitrogen and oxygen atoms in total. The molecule has 1 aromatic heterocycles. The maximum atomic E-state index is 5.81. The summed E-state index contributed by atoms with van der Waals surface area (Å²) < 4.78 is 2.09. The smallest absolute Gasteiger partial charge is 0.112 e. The van der Waals surface area contributed by atoms with Crippen molar-refractivity contribution in [1.82, 2.24) is 9.55 Å². The van der Waals surface area contributed by atoms with Crippen LogP contribution < -0.4 is 0 Å². The van der Waals surface area contributed by atoms with Crippen LogP contribution in [0.3, 0.4) is 0 Å². The van der Waals surface area contributed by atoms with Crippen molar-refractivity contribution < 1.29 is 0 Å². The second kappa shape index (κ2) is 4.49. The molecule has 0 atom stereocenters. The Morgan fingerprint density at radius 3 is 3.00 bits per heavy atom. The molecule has 0 unspecified atom stereocenters. The van der Waals surface area contributed by atoms with Gasteiger partial charge in [-0.3, -0.25) is 0 Å². The topological polar surface area (TPSA) is 17.8 Å². The van der Waals surface area contributed by atoms with Crippen LogP contribution in [0.1, 0.15) is 18.3 Å². The van der Waals surface area contributed by atoms with Gasteiger partial charge in [-0.25, -0.2) is 4.98 Å². The highest BCUT2D eigenvalue weighted by atomic mass is 35.5. The zero-order chi connectivity index (χ0) is 10.7. The summed E-state index contributed by atoms with van der Waals surface area (Å²) in [6.07, 6.45) is 4.73. The zero-order valence-corrected chi connectivity index (χ0v) is 9.41. The average Bonchev–Trinajstić information content (AvgIpc) is 2.77. The lowest BCUT2D eigenvalue weighted by Crippen LogP contribution is -1.99. The lowest BCUT2D eigenvalue weighted by atomic mass is 10.2. The van der Waals surface area contributed by atoms with Gasteiger partial charge in [0.15, 0.2) is 0 Å². The first-order valence-corrected chi connectivity index (χ1v) is 5.56. The molecule has 0 spiro atoms. The van der Waals surface area contributed by atoms with Crippen LogP contribution in [0.2, 0.25) is 0 Å². The Labute approximate surface area is 94.5 Å². The second-order valence-corrected chi connectivity index (χ2v) is 3.64. The van der Waals surface area contributed by atoms with E-state index in [0.717, 1.165) is 23.5 Å². The minimum absolute atomic E-state index is 0.546. The summed E-state index contributed by atoms with van der Waals surface area (Å²) in [5.41, 5.74) is 2.26. The summed E-state index contributed by atoms with van der Waals surface area (Å²) >= 11 is 5.81. The normalized spacial score (nSPS) is 10.5. The van der Waals surface area contributed by atoms with E-state index in [-0.39, 0.29) is 0 Å². The molecule has 0 saturated carbocycles. The second-order valence-electron chi connectivity index (χ2n) is 3.37. The summed E-state index contributed by atoms with van der Waals surface area (Å²) in [7, 11) is 0. The Morgan fingerprint density at radius 2 is 2.27 bits per heavy atom. The van der Waals surface area contributed by atoms with E-state index in [1.54, 1.807) is 0 Å². The highest BCUT2D eigenvalue weighted by molar-refractivity contribution is 6.17. The lowest BCUT2D eigenvalue weighted by Gasteiger charge is -2.07. The van der Waals surface area contributed by atoms with Crippen LogP contribution in [-0.2, 0) is 12.3 Å². The van der Waals surface area contributed by atoms with Gasteiger partial charge in [-0.1, -0.05) is 19.1 Å². The number of benzene rings is 1. The van der Waals surface area contributed by atoms with Gasteiger partial charge < -0.3 is 4.57 Å². The molecule has 0 amide bonds. The fourth-order valence-corrected chi connectivity index (χ4v) is 1.79. The number of aromatic nitrogens is 2. The molecule has 3 heteroatoms. The van der Waals surface area contributed by atoms with Gasteiger partial charge >= 0.3 is 0 Å². The molecule has 0 aliphatic rings. The molecule has 0 radical (unpaired) electrons. The van der Waals surface area contributed by atoms with Gasteiger partial charge in [0.05, 0.1) is 0 Å². The Bertz CT molecular complexity index is 448. The molecule has 1 heterocycles. The van der Waals surface area contributed by atoms with Crippen LogP contribution in [0.25, 0.3) is 5.69 Å². The van der Waals surface area contributed by atoms with Crippen molar-refractivity contribution in [2.45, 2.75) is 19.2 Å². The molecule has 2 rings (SSSR count). The zero-order valence-electron chi connectivity index (χ0n) is 8.65. The highest BCUT2D eigenvalue weighted by Gasteiger charge is 2.02. The predicted octanol–water partition coefficient (Wildman–Crippen LogP) is 3.17. The fourth-order valence-electron chi connectivity index (χ4n) is 1.62.